The van der Waals surface area contributed by atoms with Crippen molar-refractivity contribution >= 4 is 23.4 Å². The molecule has 98 valence electrons. The van der Waals surface area contributed by atoms with Crippen molar-refractivity contribution in [1.29, 1.82) is 0 Å². The first-order valence-corrected chi connectivity index (χ1v) is 5.70. The molecule has 19 heavy (non-hydrogen) atoms. The van der Waals surface area contributed by atoms with Crippen LogP contribution in [0.5, 0.6) is 0 Å². The van der Waals surface area contributed by atoms with E-state index in [0.717, 1.165) is 6.07 Å². The Bertz CT molecular complexity index is 679. The number of aromatic nitrogens is 1. The maximum atomic E-state index is 13.2. The van der Waals surface area contributed by atoms with Crippen LogP contribution in [0.3, 0.4) is 0 Å². The van der Waals surface area contributed by atoms with E-state index in [2.05, 4.69) is 0 Å². The van der Waals surface area contributed by atoms with Crippen LogP contribution in [-0.4, -0.2) is 21.4 Å². The lowest BCUT2D eigenvalue weighted by Crippen LogP contribution is -2.06. The second-order valence-corrected chi connectivity index (χ2v) is 4.35. The maximum Gasteiger partial charge on any atom is 0.352 e. The van der Waals surface area contributed by atoms with Crippen LogP contribution in [-0.2, 0) is 0 Å². The van der Waals surface area contributed by atoms with Crippen LogP contribution in [0, 0.1) is 5.82 Å². The van der Waals surface area contributed by atoms with Gasteiger partial charge in [0.1, 0.15) is 11.5 Å². The van der Waals surface area contributed by atoms with Crippen molar-refractivity contribution in [3.05, 3.63) is 52.6 Å². The molecule has 0 saturated heterocycles. The zero-order valence-electron chi connectivity index (χ0n) is 9.85. The number of carbonyl (C=O) groups excluding carboxylic acids is 1. The summed E-state index contributed by atoms with van der Waals surface area (Å²) in [5.41, 5.74) is 0.238. The highest BCUT2D eigenvalue weighted by molar-refractivity contribution is 6.32. The Balaban J connectivity index is 2.70. The first-order valence-electron chi connectivity index (χ1n) is 5.32. The number of hydrogen-bond donors (Lipinski definition) is 1. The molecular formula is C13H9ClFNO3. The van der Waals surface area contributed by atoms with Gasteiger partial charge in [0.05, 0.1) is 10.7 Å². The molecule has 0 radical (unpaired) electrons. The predicted molar refractivity (Wildman–Crippen MR) is 67.7 cm³/mol. The lowest BCUT2D eigenvalue weighted by Gasteiger charge is -2.08. The molecule has 1 heterocycles. The SMILES string of the molecule is CC(=O)c1cc(C(=O)O)n(-c2cc(F)ccc2Cl)c1. The van der Waals surface area contributed by atoms with Gasteiger partial charge in [-0.2, -0.15) is 0 Å². The second-order valence-electron chi connectivity index (χ2n) is 3.94. The Kier molecular flexibility index (Phi) is 3.40. The molecule has 0 saturated carbocycles. The van der Waals surface area contributed by atoms with Gasteiger partial charge in [-0.25, -0.2) is 9.18 Å². The summed E-state index contributed by atoms with van der Waals surface area (Å²) in [7, 11) is 0. The molecular weight excluding hydrogens is 273 g/mol. The zero-order valence-corrected chi connectivity index (χ0v) is 10.6. The van der Waals surface area contributed by atoms with E-state index in [1.54, 1.807) is 0 Å². The van der Waals surface area contributed by atoms with E-state index in [4.69, 9.17) is 16.7 Å². The topological polar surface area (TPSA) is 59.3 Å². The average Bonchev–Trinajstić information content (AvgIpc) is 2.77. The molecule has 0 aliphatic carbocycles. The highest BCUT2D eigenvalue weighted by Gasteiger charge is 2.17. The monoisotopic (exact) mass is 281 g/mol. The lowest BCUT2D eigenvalue weighted by atomic mass is 10.2. The number of carboxylic acid groups (broad SMARTS) is 1. The fraction of sp³-hybridized carbons (Fsp3) is 0.0769. The molecule has 1 N–H and O–H groups in total. The third-order valence-electron chi connectivity index (χ3n) is 2.61. The maximum absolute atomic E-state index is 13.2. The molecule has 6 heteroatoms. The number of nitrogens with zero attached hydrogens (tertiary/aromatic N) is 1. The van der Waals surface area contributed by atoms with Crippen molar-refractivity contribution in [2.75, 3.05) is 0 Å². The molecule has 0 aliphatic rings. The highest BCUT2D eigenvalue weighted by Crippen LogP contribution is 2.24. The van der Waals surface area contributed by atoms with Crippen molar-refractivity contribution in [2.24, 2.45) is 0 Å². The Labute approximate surface area is 113 Å². The first kappa shape index (κ1) is 13.3. The van der Waals surface area contributed by atoms with Crippen LogP contribution in [0.15, 0.2) is 30.5 Å². The molecule has 0 unspecified atom stereocenters. The fourth-order valence-corrected chi connectivity index (χ4v) is 1.90. The molecule has 4 nitrogen and oxygen atoms in total. The van der Waals surface area contributed by atoms with Crippen LogP contribution in [0.2, 0.25) is 5.02 Å². The molecule has 1 aromatic heterocycles. The van der Waals surface area contributed by atoms with Gasteiger partial charge in [-0.05, 0) is 31.2 Å². The highest BCUT2D eigenvalue weighted by atomic mass is 35.5. The summed E-state index contributed by atoms with van der Waals surface area (Å²) in [6.07, 6.45) is 1.33. The van der Waals surface area contributed by atoms with Crippen LogP contribution in [0.4, 0.5) is 4.39 Å². The van der Waals surface area contributed by atoms with Crippen molar-refractivity contribution in [3.63, 3.8) is 0 Å². The van der Waals surface area contributed by atoms with Crippen LogP contribution < -0.4 is 0 Å². The van der Waals surface area contributed by atoms with E-state index < -0.39 is 11.8 Å². The zero-order chi connectivity index (χ0) is 14.2. The summed E-state index contributed by atoms with van der Waals surface area (Å²) in [4.78, 5) is 22.5. The van der Waals surface area contributed by atoms with Gasteiger partial charge in [0.25, 0.3) is 0 Å². The Morgan fingerprint density at radius 1 is 1.32 bits per heavy atom. The van der Waals surface area contributed by atoms with E-state index in [-0.39, 0.29) is 27.8 Å². The summed E-state index contributed by atoms with van der Waals surface area (Å²) in [6, 6.07) is 4.83. The van der Waals surface area contributed by atoms with Crippen LogP contribution >= 0.6 is 11.6 Å². The molecule has 0 spiro atoms. The van der Waals surface area contributed by atoms with Crippen molar-refractivity contribution in [2.45, 2.75) is 6.92 Å². The van der Waals surface area contributed by atoms with Crippen molar-refractivity contribution in [3.8, 4) is 5.69 Å². The number of carbonyl (C=O) groups is 2. The first-order chi connectivity index (χ1) is 8.90. The third kappa shape index (κ3) is 2.51. The van der Waals surface area contributed by atoms with Crippen LogP contribution in [0.25, 0.3) is 5.69 Å². The molecule has 2 rings (SSSR count). The van der Waals surface area contributed by atoms with Gasteiger partial charge in [-0.15, -0.1) is 0 Å². The summed E-state index contributed by atoms with van der Waals surface area (Å²) < 4.78 is 14.4. The number of carboxylic acids is 1. The number of aromatic carboxylic acids is 1. The molecule has 0 bridgehead atoms. The Morgan fingerprint density at radius 3 is 2.58 bits per heavy atom. The van der Waals surface area contributed by atoms with Crippen molar-refractivity contribution < 1.29 is 19.1 Å². The number of benzene rings is 1. The minimum atomic E-state index is -1.23. The fourth-order valence-electron chi connectivity index (χ4n) is 1.69. The van der Waals surface area contributed by atoms with Crippen molar-refractivity contribution in [1.82, 2.24) is 4.57 Å². The summed E-state index contributed by atoms with van der Waals surface area (Å²) in [5.74, 6) is -2.06. The summed E-state index contributed by atoms with van der Waals surface area (Å²) in [5, 5.41) is 9.30. The average molecular weight is 282 g/mol. The van der Waals surface area contributed by atoms with Gasteiger partial charge in [0.2, 0.25) is 0 Å². The van der Waals surface area contributed by atoms with Gasteiger partial charge in [0, 0.05) is 11.8 Å². The van der Waals surface area contributed by atoms with E-state index >= 15 is 0 Å². The number of rotatable bonds is 3. The third-order valence-corrected chi connectivity index (χ3v) is 2.93. The quantitative estimate of drug-likeness (QED) is 0.879. The number of Topliss-reactive ketones (excluding diaryl/α,β-unsaturated/α-hetero) is 1. The molecule has 1 aromatic carbocycles. The smallest absolute Gasteiger partial charge is 0.352 e. The second kappa shape index (κ2) is 4.85. The largest absolute Gasteiger partial charge is 0.477 e. The number of halogens is 2. The summed E-state index contributed by atoms with van der Waals surface area (Å²) in [6.45, 7) is 1.32. The van der Waals surface area contributed by atoms with Gasteiger partial charge in [-0.1, -0.05) is 11.6 Å². The molecule has 0 fully saturated rings. The Morgan fingerprint density at radius 2 is 2.00 bits per heavy atom. The Hall–Kier alpha value is -2.14. The number of ketones is 1. The normalized spacial score (nSPS) is 10.5. The molecule has 2 aromatic rings. The molecule has 0 atom stereocenters. The predicted octanol–water partition coefficient (Wildman–Crippen LogP) is 3.17. The summed E-state index contributed by atoms with van der Waals surface area (Å²) >= 11 is 5.93. The van der Waals surface area contributed by atoms with E-state index in [1.807, 2.05) is 0 Å². The molecule has 0 amide bonds. The van der Waals surface area contributed by atoms with Gasteiger partial charge in [-0.3, -0.25) is 4.79 Å². The van der Waals surface area contributed by atoms with Gasteiger partial charge in [0.15, 0.2) is 5.78 Å². The van der Waals surface area contributed by atoms with E-state index in [1.165, 1.54) is 35.9 Å². The van der Waals surface area contributed by atoms with Gasteiger partial charge >= 0.3 is 5.97 Å². The van der Waals surface area contributed by atoms with E-state index in [0.29, 0.717) is 0 Å². The van der Waals surface area contributed by atoms with Gasteiger partial charge < -0.3 is 9.67 Å². The lowest BCUT2D eigenvalue weighted by molar-refractivity contribution is 0.0688. The number of hydrogen-bond acceptors (Lipinski definition) is 2. The minimum absolute atomic E-state index is 0.155. The standard InChI is InChI=1S/C13H9ClFNO3/c1-7(17)8-4-12(13(18)19)16(6-8)11-5-9(15)2-3-10(11)14/h2-6H,1H3,(H,18,19). The molecule has 0 aliphatic heterocycles. The van der Waals surface area contributed by atoms with Crippen LogP contribution in [0.1, 0.15) is 27.8 Å². The van der Waals surface area contributed by atoms with E-state index in [9.17, 15) is 14.0 Å². The minimum Gasteiger partial charge on any atom is -0.477 e.